The lowest BCUT2D eigenvalue weighted by Crippen LogP contribution is -2.46. The Morgan fingerprint density at radius 3 is 2.29 bits per heavy atom. The number of rotatable bonds is 7. The van der Waals surface area contributed by atoms with E-state index < -0.39 is 0 Å². The van der Waals surface area contributed by atoms with Crippen LogP contribution < -0.4 is 4.90 Å². The third kappa shape index (κ3) is 6.27. The average Bonchev–Trinajstić information content (AvgIpc) is 3.26. The second kappa shape index (κ2) is 12.1. The number of likely N-dealkylation sites (N-methyl/N-ethyl adjacent to an activating group) is 1. The minimum absolute atomic E-state index is 0.00967. The number of fused-ring (bicyclic) bond motifs is 2. The van der Waals surface area contributed by atoms with Gasteiger partial charge in [-0.05, 0) is 105 Å². The van der Waals surface area contributed by atoms with Gasteiger partial charge in [-0.15, -0.1) is 0 Å². The lowest BCUT2D eigenvalue weighted by molar-refractivity contribution is -0.116. The van der Waals surface area contributed by atoms with E-state index >= 15 is 0 Å². The molecule has 5 nitrogen and oxygen atoms in total. The molecule has 0 N–H and O–H groups in total. The maximum atomic E-state index is 14.2. The van der Waals surface area contributed by atoms with Crippen molar-refractivity contribution in [1.82, 2.24) is 9.80 Å². The van der Waals surface area contributed by atoms with Gasteiger partial charge < -0.3 is 14.7 Å². The number of hydrogen-bond acceptors (Lipinski definition) is 3. The number of piperidine rings is 1. The molecule has 2 heterocycles. The third-order valence-corrected chi connectivity index (χ3v) is 9.35. The normalized spacial score (nSPS) is 17.0. The summed E-state index contributed by atoms with van der Waals surface area (Å²) in [6.07, 6.45) is 2.43. The lowest BCUT2D eigenvalue weighted by Gasteiger charge is -2.40. The van der Waals surface area contributed by atoms with Gasteiger partial charge in [0, 0.05) is 49.6 Å². The molecule has 216 valence electrons. The molecule has 0 bridgehead atoms. The van der Waals surface area contributed by atoms with Crippen molar-refractivity contribution in [2.45, 2.75) is 37.5 Å². The second-order valence-electron chi connectivity index (χ2n) is 11.2. The van der Waals surface area contributed by atoms with Gasteiger partial charge in [0.2, 0.25) is 5.91 Å². The Balaban J connectivity index is 1.28. The van der Waals surface area contributed by atoms with Gasteiger partial charge in [0.1, 0.15) is 11.6 Å². The number of amides is 2. The molecule has 1 fully saturated rings. The smallest absolute Gasteiger partial charge is 0.253 e. The first-order chi connectivity index (χ1) is 19.6. The molecule has 41 heavy (non-hydrogen) atoms. The Morgan fingerprint density at radius 2 is 1.63 bits per heavy atom. The molecular formula is C32H33Cl2F2N3O2. The number of likely N-dealkylation sites (tertiary alicyclic amines) is 1. The first-order valence-corrected chi connectivity index (χ1v) is 14.6. The average molecular weight is 601 g/mol. The molecule has 0 aliphatic carbocycles. The number of benzene rings is 3. The van der Waals surface area contributed by atoms with Gasteiger partial charge in [-0.1, -0.05) is 29.3 Å². The summed E-state index contributed by atoms with van der Waals surface area (Å²) in [6, 6.07) is 15.9. The number of carbonyl (C=O) groups is 2. The summed E-state index contributed by atoms with van der Waals surface area (Å²) < 4.78 is 27.6. The summed E-state index contributed by atoms with van der Waals surface area (Å²) in [5.74, 6) is -0.885. The van der Waals surface area contributed by atoms with Crippen LogP contribution in [0.2, 0.25) is 10.0 Å². The molecule has 1 atom stereocenters. The van der Waals surface area contributed by atoms with E-state index in [0.29, 0.717) is 28.7 Å². The highest BCUT2D eigenvalue weighted by Crippen LogP contribution is 2.47. The van der Waals surface area contributed by atoms with Crippen molar-refractivity contribution in [2.24, 2.45) is 0 Å². The Kier molecular flexibility index (Phi) is 8.69. The van der Waals surface area contributed by atoms with E-state index in [1.165, 1.54) is 30.3 Å². The van der Waals surface area contributed by atoms with Crippen molar-refractivity contribution in [2.75, 3.05) is 44.7 Å². The summed E-state index contributed by atoms with van der Waals surface area (Å²) in [6.45, 7) is 5.03. The number of nitrogens with zero attached hydrogens (tertiary/aromatic N) is 3. The molecule has 3 aromatic carbocycles. The third-order valence-electron chi connectivity index (χ3n) is 8.62. The molecule has 1 saturated heterocycles. The molecule has 1 spiro atoms. The van der Waals surface area contributed by atoms with Crippen LogP contribution in [0.15, 0.2) is 60.7 Å². The van der Waals surface area contributed by atoms with Crippen LogP contribution in [0.5, 0.6) is 0 Å². The van der Waals surface area contributed by atoms with Crippen LogP contribution in [0.3, 0.4) is 0 Å². The predicted molar refractivity (Wildman–Crippen MR) is 159 cm³/mol. The van der Waals surface area contributed by atoms with Crippen molar-refractivity contribution in [1.29, 1.82) is 0 Å². The van der Waals surface area contributed by atoms with Crippen LogP contribution in [0.25, 0.3) is 0 Å². The summed E-state index contributed by atoms with van der Waals surface area (Å²) in [5.41, 5.74) is 2.92. The summed E-state index contributed by atoms with van der Waals surface area (Å²) in [4.78, 5) is 31.3. The quantitative estimate of drug-likeness (QED) is 0.296. The molecule has 9 heteroatoms. The van der Waals surface area contributed by atoms with E-state index in [9.17, 15) is 18.4 Å². The number of halogens is 4. The van der Waals surface area contributed by atoms with Crippen LogP contribution in [0.1, 0.15) is 53.6 Å². The Bertz CT molecular complexity index is 1440. The van der Waals surface area contributed by atoms with Crippen molar-refractivity contribution >= 4 is 40.7 Å². The largest absolute Gasteiger partial charge is 0.341 e. The molecule has 2 aliphatic heterocycles. The van der Waals surface area contributed by atoms with Gasteiger partial charge in [0.15, 0.2) is 0 Å². The van der Waals surface area contributed by atoms with E-state index in [1.54, 1.807) is 42.0 Å². The molecule has 5 rings (SSSR count). The number of carbonyl (C=O) groups excluding carboxylic acids is 2. The zero-order valence-corrected chi connectivity index (χ0v) is 24.7. The molecule has 3 aromatic rings. The van der Waals surface area contributed by atoms with Crippen molar-refractivity contribution in [3.05, 3.63) is 99.0 Å². The van der Waals surface area contributed by atoms with Gasteiger partial charge >= 0.3 is 0 Å². The highest BCUT2D eigenvalue weighted by Gasteiger charge is 2.45. The van der Waals surface area contributed by atoms with Gasteiger partial charge in [-0.25, -0.2) is 8.78 Å². The van der Waals surface area contributed by atoms with Crippen LogP contribution in [0.4, 0.5) is 14.5 Å². The second-order valence-corrected chi connectivity index (χ2v) is 12.1. The molecule has 0 radical (unpaired) electrons. The van der Waals surface area contributed by atoms with E-state index in [0.717, 1.165) is 55.7 Å². The van der Waals surface area contributed by atoms with Gasteiger partial charge in [-0.3, -0.25) is 9.59 Å². The monoisotopic (exact) mass is 599 g/mol. The molecule has 2 amide bonds. The molecule has 1 unspecified atom stereocenters. The zero-order chi connectivity index (χ0) is 29.3. The van der Waals surface area contributed by atoms with Crippen molar-refractivity contribution in [3.63, 3.8) is 0 Å². The van der Waals surface area contributed by atoms with Crippen LogP contribution >= 0.6 is 23.2 Å². The minimum atomic E-state index is -0.388. The number of anilines is 1. The first kappa shape index (κ1) is 29.5. The van der Waals surface area contributed by atoms with E-state index in [-0.39, 0.29) is 34.8 Å². The first-order valence-electron chi connectivity index (χ1n) is 13.8. The standard InChI is InChI=1S/C32H33Cl2F2N3O2/c1-21(40)39-20-32(27-18-26(36)8-10-30(27)39)12-15-38(16-13-32)14-11-24(23-5-9-28(33)29(34)17-23)19-37(2)31(41)22-3-6-25(35)7-4-22/h3-10,17-18,24H,11-16,19-20H2,1-2H3. The fraction of sp³-hybridized carbons (Fsp3) is 0.375. The van der Waals surface area contributed by atoms with Crippen molar-refractivity contribution < 1.29 is 18.4 Å². The van der Waals surface area contributed by atoms with E-state index in [2.05, 4.69) is 4.90 Å². The molecule has 0 saturated carbocycles. The minimum Gasteiger partial charge on any atom is -0.341 e. The Morgan fingerprint density at radius 1 is 0.951 bits per heavy atom. The lowest BCUT2D eigenvalue weighted by atomic mass is 9.74. The van der Waals surface area contributed by atoms with Gasteiger partial charge in [-0.2, -0.15) is 0 Å². The van der Waals surface area contributed by atoms with E-state index in [4.69, 9.17) is 23.2 Å². The number of hydrogen-bond donors (Lipinski definition) is 0. The van der Waals surface area contributed by atoms with Crippen molar-refractivity contribution in [3.8, 4) is 0 Å². The van der Waals surface area contributed by atoms with Gasteiger partial charge in [0.25, 0.3) is 5.91 Å². The molecule has 0 aromatic heterocycles. The highest BCUT2D eigenvalue weighted by molar-refractivity contribution is 6.42. The summed E-state index contributed by atoms with van der Waals surface area (Å²) in [7, 11) is 1.75. The topological polar surface area (TPSA) is 43.9 Å². The molecule has 2 aliphatic rings. The summed E-state index contributed by atoms with van der Waals surface area (Å²) >= 11 is 12.5. The van der Waals surface area contributed by atoms with Crippen LogP contribution in [-0.2, 0) is 10.2 Å². The van der Waals surface area contributed by atoms with Crippen LogP contribution in [-0.4, -0.2) is 61.4 Å². The maximum absolute atomic E-state index is 14.2. The highest BCUT2D eigenvalue weighted by atomic mass is 35.5. The van der Waals surface area contributed by atoms with Gasteiger partial charge in [0.05, 0.1) is 10.0 Å². The zero-order valence-electron chi connectivity index (χ0n) is 23.2. The Labute approximate surface area is 249 Å². The summed E-state index contributed by atoms with van der Waals surface area (Å²) in [5, 5.41) is 0.933. The SMILES string of the molecule is CC(=O)N1CC2(CCN(CCC(CN(C)C(=O)c3ccc(F)cc3)c3ccc(Cl)c(Cl)c3)CC2)c2cc(F)ccc21. The van der Waals surface area contributed by atoms with Crippen LogP contribution in [0, 0.1) is 11.6 Å². The predicted octanol–water partition coefficient (Wildman–Crippen LogP) is 6.92. The fourth-order valence-corrected chi connectivity index (χ4v) is 6.56. The molecular weight excluding hydrogens is 567 g/mol. The van der Waals surface area contributed by atoms with E-state index in [1.807, 2.05) is 12.1 Å². The Hall–Kier alpha value is -3.00. The maximum Gasteiger partial charge on any atom is 0.253 e. The fourth-order valence-electron chi connectivity index (χ4n) is 6.25.